The Morgan fingerprint density at radius 2 is 2.12 bits per heavy atom. The van der Waals surface area contributed by atoms with E-state index in [2.05, 4.69) is 50.2 Å². The van der Waals surface area contributed by atoms with Crippen LogP contribution in [0.15, 0.2) is 10.6 Å². The lowest BCUT2D eigenvalue weighted by molar-refractivity contribution is 0.571. The first-order valence-electron chi connectivity index (χ1n) is 6.00. The van der Waals surface area contributed by atoms with E-state index in [0.717, 1.165) is 17.3 Å². The van der Waals surface area contributed by atoms with Gasteiger partial charge in [0.05, 0.1) is 11.9 Å². The maximum Gasteiger partial charge on any atom is 0.151 e. The fourth-order valence-electron chi connectivity index (χ4n) is 1.24. The van der Waals surface area contributed by atoms with Gasteiger partial charge in [0, 0.05) is 24.4 Å². The highest BCUT2D eigenvalue weighted by Gasteiger charge is 2.17. The van der Waals surface area contributed by atoms with Crippen LogP contribution in [-0.2, 0) is 12.5 Å². The summed E-state index contributed by atoms with van der Waals surface area (Å²) in [6.45, 7) is 10.9. The Balaban J connectivity index is 2.69. The van der Waals surface area contributed by atoms with E-state index in [0.29, 0.717) is 5.92 Å². The summed E-state index contributed by atoms with van der Waals surface area (Å²) in [4.78, 5) is 4.60. The van der Waals surface area contributed by atoms with Crippen LogP contribution < -0.4 is 0 Å². The first kappa shape index (κ1) is 14.3. The Bertz CT molecular complexity index is 386. The fourth-order valence-corrected chi connectivity index (χ4v) is 1.79. The van der Waals surface area contributed by atoms with Crippen LogP contribution in [0.2, 0.25) is 0 Å². The summed E-state index contributed by atoms with van der Waals surface area (Å²) in [7, 11) is 2.01. The SMILES string of the molecule is CC(C)CS/N=C/c1nc(C(C)(C)C)cn1C. The third-order valence-corrected chi connectivity index (χ3v) is 3.40. The quantitative estimate of drug-likeness (QED) is 0.608. The number of hydrogen-bond donors (Lipinski definition) is 0. The summed E-state index contributed by atoms with van der Waals surface area (Å²) in [5.41, 5.74) is 1.20. The number of nitrogens with zero attached hydrogens (tertiary/aromatic N) is 3. The molecule has 0 aliphatic heterocycles. The van der Waals surface area contributed by atoms with Gasteiger partial charge in [-0.25, -0.2) is 9.38 Å². The normalized spacial score (nSPS) is 12.9. The molecule has 1 aromatic rings. The van der Waals surface area contributed by atoms with Crippen LogP contribution >= 0.6 is 11.9 Å². The highest BCUT2D eigenvalue weighted by Crippen LogP contribution is 2.20. The van der Waals surface area contributed by atoms with Crippen molar-refractivity contribution in [2.45, 2.75) is 40.0 Å². The minimum atomic E-state index is 0.0922. The first-order valence-corrected chi connectivity index (χ1v) is 6.94. The molecule has 0 unspecified atom stereocenters. The Morgan fingerprint density at radius 1 is 1.47 bits per heavy atom. The summed E-state index contributed by atoms with van der Waals surface area (Å²) in [5, 5.41) is 0. The molecular formula is C13H23N3S. The van der Waals surface area contributed by atoms with Gasteiger partial charge in [-0.3, -0.25) is 0 Å². The molecule has 96 valence electrons. The zero-order valence-electron chi connectivity index (χ0n) is 11.7. The zero-order valence-corrected chi connectivity index (χ0v) is 12.5. The number of aryl methyl sites for hydroxylation is 1. The van der Waals surface area contributed by atoms with Crippen molar-refractivity contribution in [2.24, 2.45) is 17.4 Å². The van der Waals surface area contributed by atoms with Crippen LogP contribution in [0.25, 0.3) is 0 Å². The summed E-state index contributed by atoms with van der Waals surface area (Å²) < 4.78 is 6.37. The molecule has 4 heteroatoms. The van der Waals surface area contributed by atoms with Crippen LogP contribution in [0.1, 0.15) is 46.1 Å². The summed E-state index contributed by atoms with van der Waals surface area (Å²) in [6.07, 6.45) is 3.93. The second kappa shape index (κ2) is 5.71. The lowest BCUT2D eigenvalue weighted by Crippen LogP contribution is -2.11. The van der Waals surface area contributed by atoms with E-state index >= 15 is 0 Å². The van der Waals surface area contributed by atoms with Gasteiger partial charge in [-0.1, -0.05) is 34.6 Å². The molecule has 0 fully saturated rings. The topological polar surface area (TPSA) is 30.2 Å². The third-order valence-electron chi connectivity index (χ3n) is 2.33. The molecule has 1 aromatic heterocycles. The van der Waals surface area contributed by atoms with Gasteiger partial charge in [-0.2, -0.15) is 0 Å². The molecule has 0 aromatic carbocycles. The van der Waals surface area contributed by atoms with Gasteiger partial charge in [0.2, 0.25) is 0 Å². The van der Waals surface area contributed by atoms with Gasteiger partial charge < -0.3 is 4.57 Å². The van der Waals surface area contributed by atoms with E-state index in [1.165, 1.54) is 0 Å². The molecule has 0 saturated carbocycles. The van der Waals surface area contributed by atoms with Gasteiger partial charge >= 0.3 is 0 Å². The number of aromatic nitrogens is 2. The molecule has 3 nitrogen and oxygen atoms in total. The lowest BCUT2D eigenvalue weighted by Gasteiger charge is -2.13. The smallest absolute Gasteiger partial charge is 0.151 e. The molecule has 0 aliphatic carbocycles. The minimum absolute atomic E-state index is 0.0922. The second-order valence-corrected chi connectivity index (χ2v) is 6.57. The van der Waals surface area contributed by atoms with Crippen LogP contribution in [0.3, 0.4) is 0 Å². The van der Waals surface area contributed by atoms with Gasteiger partial charge in [0.15, 0.2) is 5.82 Å². The van der Waals surface area contributed by atoms with Crippen LogP contribution in [-0.4, -0.2) is 21.5 Å². The predicted octanol–water partition coefficient (Wildman–Crippen LogP) is 3.44. The molecule has 0 bridgehead atoms. The van der Waals surface area contributed by atoms with Crippen molar-refractivity contribution in [2.75, 3.05) is 5.75 Å². The molecule has 17 heavy (non-hydrogen) atoms. The molecule has 0 aliphatic rings. The van der Waals surface area contributed by atoms with Crippen molar-refractivity contribution in [1.29, 1.82) is 0 Å². The first-order chi connectivity index (χ1) is 7.80. The van der Waals surface area contributed by atoms with Crippen molar-refractivity contribution in [3.05, 3.63) is 17.7 Å². The van der Waals surface area contributed by atoms with Crippen molar-refractivity contribution in [1.82, 2.24) is 9.55 Å². The van der Waals surface area contributed by atoms with Crippen molar-refractivity contribution >= 4 is 18.2 Å². The van der Waals surface area contributed by atoms with Crippen LogP contribution in [0.4, 0.5) is 0 Å². The van der Waals surface area contributed by atoms with Gasteiger partial charge in [0.1, 0.15) is 0 Å². The average molecular weight is 253 g/mol. The van der Waals surface area contributed by atoms with E-state index in [-0.39, 0.29) is 5.41 Å². The van der Waals surface area contributed by atoms with E-state index in [4.69, 9.17) is 0 Å². The van der Waals surface area contributed by atoms with Crippen LogP contribution in [0.5, 0.6) is 0 Å². The molecule has 0 spiro atoms. The summed E-state index contributed by atoms with van der Waals surface area (Å²) >= 11 is 1.60. The van der Waals surface area contributed by atoms with Crippen molar-refractivity contribution in [3.8, 4) is 0 Å². The van der Waals surface area contributed by atoms with E-state index < -0.39 is 0 Å². The van der Waals surface area contributed by atoms with E-state index in [1.54, 1.807) is 11.9 Å². The fraction of sp³-hybridized carbons (Fsp3) is 0.692. The van der Waals surface area contributed by atoms with Crippen LogP contribution in [0, 0.1) is 5.92 Å². The molecule has 0 atom stereocenters. The average Bonchev–Trinajstić information content (AvgIpc) is 2.54. The Hall–Kier alpha value is -0.770. The molecule has 0 N–H and O–H groups in total. The molecular weight excluding hydrogens is 230 g/mol. The molecule has 1 heterocycles. The number of hydrogen-bond acceptors (Lipinski definition) is 3. The van der Waals surface area contributed by atoms with Gasteiger partial charge in [-0.15, -0.1) is 0 Å². The van der Waals surface area contributed by atoms with Crippen molar-refractivity contribution in [3.63, 3.8) is 0 Å². The highest BCUT2D eigenvalue weighted by molar-refractivity contribution is 7.98. The zero-order chi connectivity index (χ0) is 13.1. The Kier molecular flexibility index (Phi) is 4.80. The molecule has 1 rings (SSSR count). The third kappa shape index (κ3) is 4.54. The van der Waals surface area contributed by atoms with Crippen molar-refractivity contribution < 1.29 is 0 Å². The van der Waals surface area contributed by atoms with Gasteiger partial charge in [0.25, 0.3) is 0 Å². The summed E-state index contributed by atoms with van der Waals surface area (Å²) in [6, 6.07) is 0. The minimum Gasteiger partial charge on any atom is -0.333 e. The maximum absolute atomic E-state index is 4.60. The standard InChI is InChI=1S/C13H23N3S/c1-10(2)9-17-14-7-12-15-11(8-16(12)6)13(3,4)5/h7-8,10H,9H2,1-6H3/b14-7+. The largest absolute Gasteiger partial charge is 0.333 e. The van der Waals surface area contributed by atoms with E-state index in [1.807, 2.05) is 17.8 Å². The Morgan fingerprint density at radius 3 is 2.59 bits per heavy atom. The highest BCUT2D eigenvalue weighted by atomic mass is 32.2. The number of rotatable bonds is 4. The lowest BCUT2D eigenvalue weighted by atomic mass is 9.93. The second-order valence-electron chi connectivity index (χ2n) is 5.77. The number of imidazole rings is 1. The molecule has 0 amide bonds. The monoisotopic (exact) mass is 253 g/mol. The van der Waals surface area contributed by atoms with E-state index in [9.17, 15) is 0 Å². The van der Waals surface area contributed by atoms with Gasteiger partial charge in [-0.05, 0) is 17.9 Å². The molecule has 0 radical (unpaired) electrons. The molecule has 0 saturated heterocycles. The maximum atomic E-state index is 4.60. The predicted molar refractivity (Wildman–Crippen MR) is 76.8 cm³/mol. The Labute approximate surface area is 109 Å². The summed E-state index contributed by atoms with van der Waals surface area (Å²) in [5.74, 6) is 2.64.